The maximum absolute atomic E-state index is 5.79. The molecule has 0 heterocycles. The molecule has 0 aromatic carbocycles. The van der Waals surface area contributed by atoms with Gasteiger partial charge in [0.25, 0.3) is 0 Å². The zero-order valence-corrected chi connectivity index (χ0v) is 16.5. The van der Waals surface area contributed by atoms with E-state index in [1.807, 2.05) is 27.0 Å². The summed E-state index contributed by atoms with van der Waals surface area (Å²) in [7, 11) is 0. The van der Waals surface area contributed by atoms with Gasteiger partial charge in [-0.05, 0) is 47.0 Å². The lowest BCUT2D eigenvalue weighted by Gasteiger charge is -2.22. The predicted octanol–water partition coefficient (Wildman–Crippen LogP) is 5.09. The van der Waals surface area contributed by atoms with Crippen LogP contribution in [0.2, 0.25) is 0 Å². The molecule has 0 radical (unpaired) electrons. The van der Waals surface area contributed by atoms with E-state index < -0.39 is 0 Å². The normalized spacial score (nSPS) is 15.0. The van der Waals surface area contributed by atoms with E-state index in [0.29, 0.717) is 0 Å². The predicted molar refractivity (Wildman–Crippen MR) is 98.5 cm³/mol. The summed E-state index contributed by atoms with van der Waals surface area (Å²) in [5.41, 5.74) is 6.01. The average Bonchev–Trinajstić information content (AvgIpc) is 2.09. The summed E-state index contributed by atoms with van der Waals surface area (Å²) >= 11 is 0. The molecular formula is C18H39N3. The van der Waals surface area contributed by atoms with Crippen molar-refractivity contribution in [3.8, 4) is 0 Å². The Balaban J connectivity index is 0. The zero-order valence-electron chi connectivity index (χ0n) is 16.5. The van der Waals surface area contributed by atoms with Gasteiger partial charge in [0, 0.05) is 11.6 Å². The summed E-state index contributed by atoms with van der Waals surface area (Å²) < 4.78 is 0. The Bertz CT molecular complexity index is 334. The van der Waals surface area contributed by atoms with Crippen molar-refractivity contribution in [3.63, 3.8) is 0 Å². The number of hydrogen-bond donors (Lipinski definition) is 1. The SMILES string of the molecule is CC(C)(C)C=NC(C)(C)C.CC(C)(C)N=C(N)C(C)(C)C. The monoisotopic (exact) mass is 297 g/mol. The lowest BCUT2D eigenvalue weighted by molar-refractivity contribution is 0.535. The molecule has 0 saturated heterocycles. The third kappa shape index (κ3) is 19.1. The molecule has 0 aromatic rings. The van der Waals surface area contributed by atoms with Gasteiger partial charge in [-0.25, -0.2) is 0 Å². The van der Waals surface area contributed by atoms with Crippen LogP contribution in [0, 0.1) is 10.8 Å². The molecule has 3 heteroatoms. The Morgan fingerprint density at radius 1 is 0.714 bits per heavy atom. The fourth-order valence-electron chi connectivity index (χ4n) is 0.916. The third-order valence-electron chi connectivity index (χ3n) is 2.06. The first kappa shape index (κ1) is 22.4. The summed E-state index contributed by atoms with van der Waals surface area (Å²) in [5, 5.41) is 0. The largest absolute Gasteiger partial charge is 0.387 e. The van der Waals surface area contributed by atoms with Crippen LogP contribution >= 0.6 is 0 Å². The van der Waals surface area contributed by atoms with E-state index in [2.05, 4.69) is 72.3 Å². The Labute approximate surface area is 133 Å². The highest BCUT2D eigenvalue weighted by atomic mass is 14.9. The van der Waals surface area contributed by atoms with Crippen molar-refractivity contribution < 1.29 is 0 Å². The highest BCUT2D eigenvalue weighted by Gasteiger charge is 2.18. The number of nitrogens with zero attached hydrogens (tertiary/aromatic N) is 2. The first-order chi connectivity index (χ1) is 8.83. The molecule has 0 rings (SSSR count). The number of amidine groups is 1. The minimum atomic E-state index is -0.0582. The topological polar surface area (TPSA) is 50.7 Å². The second kappa shape index (κ2) is 7.42. The van der Waals surface area contributed by atoms with Crippen LogP contribution in [0.15, 0.2) is 9.98 Å². The molecule has 0 saturated carbocycles. The molecule has 0 aliphatic carbocycles. The van der Waals surface area contributed by atoms with Gasteiger partial charge in [0.05, 0.1) is 16.9 Å². The highest BCUT2D eigenvalue weighted by molar-refractivity contribution is 5.85. The summed E-state index contributed by atoms with van der Waals surface area (Å²) in [5.74, 6) is 0.727. The Kier molecular flexibility index (Phi) is 7.92. The molecule has 0 aliphatic rings. The maximum atomic E-state index is 5.79. The molecule has 0 atom stereocenters. The summed E-state index contributed by atoms with van der Waals surface area (Å²) in [6, 6.07) is 0. The molecule has 2 N–H and O–H groups in total. The minimum Gasteiger partial charge on any atom is -0.387 e. The fourth-order valence-corrected chi connectivity index (χ4v) is 0.916. The van der Waals surface area contributed by atoms with Crippen LogP contribution in [0.4, 0.5) is 0 Å². The molecular weight excluding hydrogens is 258 g/mol. The van der Waals surface area contributed by atoms with Gasteiger partial charge >= 0.3 is 0 Å². The first-order valence-corrected chi connectivity index (χ1v) is 7.76. The minimum absolute atomic E-state index is 0.00667. The second-order valence-corrected chi connectivity index (χ2v) is 9.71. The standard InChI is InChI=1S/C9H20N2.C9H19N/c1-8(2,3)7(10)11-9(4,5)6;1-8(2,3)7-10-9(4,5)6/h1-6H3,(H2,10,11);7H,1-6H3. The molecule has 0 aromatic heterocycles. The van der Waals surface area contributed by atoms with E-state index >= 15 is 0 Å². The van der Waals surface area contributed by atoms with Gasteiger partial charge in [-0.3, -0.25) is 9.98 Å². The van der Waals surface area contributed by atoms with Crippen molar-refractivity contribution in [1.29, 1.82) is 0 Å². The van der Waals surface area contributed by atoms with E-state index in [1.165, 1.54) is 0 Å². The summed E-state index contributed by atoms with van der Waals surface area (Å²) in [4.78, 5) is 8.78. The van der Waals surface area contributed by atoms with E-state index in [4.69, 9.17) is 5.73 Å². The van der Waals surface area contributed by atoms with Gasteiger partial charge in [-0.1, -0.05) is 41.5 Å². The molecule has 0 bridgehead atoms. The Morgan fingerprint density at radius 2 is 1.10 bits per heavy atom. The van der Waals surface area contributed by atoms with Crippen molar-refractivity contribution in [2.24, 2.45) is 26.5 Å². The van der Waals surface area contributed by atoms with E-state index in [9.17, 15) is 0 Å². The molecule has 0 amide bonds. The molecule has 21 heavy (non-hydrogen) atoms. The summed E-state index contributed by atoms with van der Waals surface area (Å²) in [6.45, 7) is 25.1. The van der Waals surface area contributed by atoms with Crippen LogP contribution in [-0.4, -0.2) is 23.1 Å². The van der Waals surface area contributed by atoms with Gasteiger partial charge in [0.15, 0.2) is 0 Å². The Morgan fingerprint density at radius 3 is 1.19 bits per heavy atom. The van der Waals surface area contributed by atoms with Gasteiger partial charge < -0.3 is 5.73 Å². The van der Waals surface area contributed by atoms with Crippen LogP contribution < -0.4 is 5.73 Å². The maximum Gasteiger partial charge on any atom is 0.0997 e. The van der Waals surface area contributed by atoms with Crippen LogP contribution in [0.25, 0.3) is 0 Å². The summed E-state index contributed by atoms with van der Waals surface area (Å²) in [6.07, 6.45) is 2.02. The van der Waals surface area contributed by atoms with Crippen molar-refractivity contribution in [1.82, 2.24) is 0 Å². The molecule has 3 nitrogen and oxygen atoms in total. The molecule has 0 unspecified atom stereocenters. The van der Waals surface area contributed by atoms with Crippen LogP contribution in [0.3, 0.4) is 0 Å². The molecule has 0 spiro atoms. The number of hydrogen-bond acceptors (Lipinski definition) is 2. The van der Waals surface area contributed by atoms with Gasteiger partial charge in [0.2, 0.25) is 0 Å². The van der Waals surface area contributed by atoms with Crippen LogP contribution in [0.5, 0.6) is 0 Å². The van der Waals surface area contributed by atoms with Gasteiger partial charge in [-0.2, -0.15) is 0 Å². The fraction of sp³-hybridized carbons (Fsp3) is 0.889. The van der Waals surface area contributed by atoms with Crippen molar-refractivity contribution in [2.45, 2.75) is 94.2 Å². The van der Waals surface area contributed by atoms with E-state index in [1.54, 1.807) is 0 Å². The average molecular weight is 298 g/mol. The molecule has 0 fully saturated rings. The third-order valence-corrected chi connectivity index (χ3v) is 2.06. The highest BCUT2D eigenvalue weighted by Crippen LogP contribution is 2.16. The van der Waals surface area contributed by atoms with Crippen molar-refractivity contribution >= 4 is 12.1 Å². The smallest absolute Gasteiger partial charge is 0.0997 e. The van der Waals surface area contributed by atoms with Gasteiger partial charge in [0.1, 0.15) is 0 Å². The van der Waals surface area contributed by atoms with Crippen molar-refractivity contribution in [2.75, 3.05) is 0 Å². The van der Waals surface area contributed by atoms with Crippen LogP contribution in [0.1, 0.15) is 83.1 Å². The number of aliphatic imine (C=N–C) groups is 2. The van der Waals surface area contributed by atoms with Crippen LogP contribution in [-0.2, 0) is 0 Å². The van der Waals surface area contributed by atoms with E-state index in [0.717, 1.165) is 5.84 Å². The van der Waals surface area contributed by atoms with Gasteiger partial charge in [-0.15, -0.1) is 0 Å². The van der Waals surface area contributed by atoms with E-state index in [-0.39, 0.29) is 21.9 Å². The lowest BCUT2D eigenvalue weighted by atomic mass is 9.94. The zero-order chi connectivity index (χ0) is 17.7. The number of nitrogens with two attached hydrogens (primary N) is 1. The molecule has 126 valence electrons. The first-order valence-electron chi connectivity index (χ1n) is 7.76. The van der Waals surface area contributed by atoms with Crippen molar-refractivity contribution in [3.05, 3.63) is 0 Å². The molecule has 0 aliphatic heterocycles. The lowest BCUT2D eigenvalue weighted by Crippen LogP contribution is -2.32. The Hall–Kier alpha value is -0.860. The quantitative estimate of drug-likeness (QED) is 0.491. The number of rotatable bonds is 0. The second-order valence-electron chi connectivity index (χ2n) is 9.71.